The number of aryl methyl sites for hydroxylation is 1. The summed E-state index contributed by atoms with van der Waals surface area (Å²) in [5.74, 6) is 0.365. The summed E-state index contributed by atoms with van der Waals surface area (Å²) in [6.07, 6.45) is 3.46. The third-order valence-electron chi connectivity index (χ3n) is 4.23. The Kier molecular flexibility index (Phi) is 2.86. The second-order valence-electron chi connectivity index (χ2n) is 5.56. The Morgan fingerprint density at radius 2 is 2.22 bits per heavy atom. The molecule has 0 saturated carbocycles. The van der Waals surface area contributed by atoms with Gasteiger partial charge in [-0.25, -0.2) is 0 Å². The number of hydrogen-bond acceptors (Lipinski definition) is 4. The molecule has 1 spiro atoms. The number of aromatic nitrogens is 1. The third-order valence-corrected chi connectivity index (χ3v) is 4.23. The molecule has 5 heteroatoms. The molecule has 0 aliphatic carbocycles. The fourth-order valence-corrected chi connectivity index (χ4v) is 3.09. The number of likely N-dealkylation sites (tertiary alicyclic amines) is 1. The Morgan fingerprint density at radius 3 is 2.89 bits per heavy atom. The molecule has 0 bridgehead atoms. The molecule has 0 unspecified atom stereocenters. The monoisotopic (exact) mass is 249 g/mol. The van der Waals surface area contributed by atoms with Gasteiger partial charge < -0.3 is 14.7 Å². The quantitative estimate of drug-likeness (QED) is 0.812. The van der Waals surface area contributed by atoms with Crippen molar-refractivity contribution in [3.63, 3.8) is 0 Å². The first-order valence-corrected chi connectivity index (χ1v) is 6.62. The standard InChI is InChI=1S/C13H19N3O2/c1-10-8-11(18-15-10)12(17)16-7-4-13(9-16)2-5-14-6-3-13/h8,14H,2-7,9H2,1H3. The highest BCUT2D eigenvalue weighted by atomic mass is 16.5. The predicted molar refractivity (Wildman–Crippen MR) is 66.3 cm³/mol. The van der Waals surface area contributed by atoms with Gasteiger partial charge in [0, 0.05) is 19.2 Å². The maximum atomic E-state index is 12.3. The van der Waals surface area contributed by atoms with Gasteiger partial charge in [0.25, 0.3) is 5.91 Å². The number of piperidine rings is 1. The largest absolute Gasteiger partial charge is 0.351 e. The molecule has 0 radical (unpaired) electrons. The van der Waals surface area contributed by atoms with Crippen molar-refractivity contribution in [1.29, 1.82) is 0 Å². The Labute approximate surface area is 107 Å². The fourth-order valence-electron chi connectivity index (χ4n) is 3.09. The van der Waals surface area contributed by atoms with Crippen LogP contribution in [0.4, 0.5) is 0 Å². The summed E-state index contributed by atoms with van der Waals surface area (Å²) in [7, 11) is 0. The van der Waals surface area contributed by atoms with Crippen molar-refractivity contribution in [3.8, 4) is 0 Å². The van der Waals surface area contributed by atoms with E-state index < -0.39 is 0 Å². The third kappa shape index (κ3) is 2.03. The highest BCUT2D eigenvalue weighted by molar-refractivity contribution is 5.91. The lowest BCUT2D eigenvalue weighted by molar-refractivity contribution is 0.0720. The van der Waals surface area contributed by atoms with Crippen molar-refractivity contribution in [1.82, 2.24) is 15.4 Å². The number of amides is 1. The minimum absolute atomic E-state index is 0.00833. The minimum atomic E-state index is -0.00833. The van der Waals surface area contributed by atoms with Gasteiger partial charge in [0.05, 0.1) is 5.69 Å². The second kappa shape index (κ2) is 4.39. The first kappa shape index (κ1) is 11.7. The van der Waals surface area contributed by atoms with Crippen molar-refractivity contribution < 1.29 is 9.32 Å². The van der Waals surface area contributed by atoms with Crippen LogP contribution in [0.5, 0.6) is 0 Å². The SMILES string of the molecule is Cc1cc(C(=O)N2CCC3(CCNCC3)C2)on1. The molecule has 1 amide bonds. The average Bonchev–Trinajstić information content (AvgIpc) is 2.97. The van der Waals surface area contributed by atoms with Crippen molar-refractivity contribution in [2.45, 2.75) is 26.2 Å². The molecule has 5 nitrogen and oxygen atoms in total. The van der Waals surface area contributed by atoms with Crippen LogP contribution < -0.4 is 5.32 Å². The highest BCUT2D eigenvalue weighted by Gasteiger charge is 2.41. The zero-order chi connectivity index (χ0) is 12.6. The molecule has 1 aromatic rings. The van der Waals surface area contributed by atoms with E-state index in [0.29, 0.717) is 11.2 Å². The van der Waals surface area contributed by atoms with Gasteiger partial charge in [0.15, 0.2) is 0 Å². The number of nitrogens with zero attached hydrogens (tertiary/aromatic N) is 2. The molecule has 3 heterocycles. The van der Waals surface area contributed by atoms with Crippen molar-refractivity contribution in [2.75, 3.05) is 26.2 Å². The Bertz CT molecular complexity index is 449. The van der Waals surface area contributed by atoms with Gasteiger partial charge >= 0.3 is 0 Å². The van der Waals surface area contributed by atoms with Crippen LogP contribution in [-0.4, -0.2) is 42.1 Å². The molecule has 2 saturated heterocycles. The number of rotatable bonds is 1. The van der Waals surface area contributed by atoms with E-state index in [2.05, 4.69) is 10.5 Å². The normalized spacial score (nSPS) is 22.6. The molecule has 2 fully saturated rings. The van der Waals surface area contributed by atoms with Crippen LogP contribution in [0, 0.1) is 12.3 Å². The number of hydrogen-bond donors (Lipinski definition) is 1. The van der Waals surface area contributed by atoms with Gasteiger partial charge in [-0.15, -0.1) is 0 Å². The van der Waals surface area contributed by atoms with E-state index in [1.165, 1.54) is 12.8 Å². The zero-order valence-corrected chi connectivity index (χ0v) is 10.7. The first-order valence-electron chi connectivity index (χ1n) is 6.62. The van der Waals surface area contributed by atoms with Gasteiger partial charge in [-0.3, -0.25) is 4.79 Å². The molecule has 18 heavy (non-hydrogen) atoms. The summed E-state index contributed by atoms with van der Waals surface area (Å²) >= 11 is 0. The summed E-state index contributed by atoms with van der Waals surface area (Å²) in [6.45, 7) is 5.69. The van der Waals surface area contributed by atoms with Gasteiger partial charge in [-0.05, 0) is 44.7 Å². The summed E-state index contributed by atoms with van der Waals surface area (Å²) < 4.78 is 5.06. The lowest BCUT2D eigenvalue weighted by atomic mass is 9.78. The van der Waals surface area contributed by atoms with E-state index in [4.69, 9.17) is 4.52 Å². The van der Waals surface area contributed by atoms with Crippen LogP contribution in [0.2, 0.25) is 0 Å². The smallest absolute Gasteiger partial charge is 0.292 e. The molecule has 0 atom stereocenters. The predicted octanol–water partition coefficient (Wildman–Crippen LogP) is 1.20. The summed E-state index contributed by atoms with van der Waals surface area (Å²) in [5.41, 5.74) is 1.10. The molecule has 1 N–H and O–H groups in total. The van der Waals surface area contributed by atoms with Gasteiger partial charge in [-0.1, -0.05) is 5.16 Å². The average molecular weight is 249 g/mol. The van der Waals surface area contributed by atoms with Crippen LogP contribution >= 0.6 is 0 Å². The van der Waals surface area contributed by atoms with Gasteiger partial charge in [-0.2, -0.15) is 0 Å². The van der Waals surface area contributed by atoms with Crippen LogP contribution in [0.25, 0.3) is 0 Å². The Morgan fingerprint density at radius 1 is 1.44 bits per heavy atom. The maximum absolute atomic E-state index is 12.3. The van der Waals surface area contributed by atoms with Crippen molar-refractivity contribution in [3.05, 3.63) is 17.5 Å². The number of carbonyl (C=O) groups excluding carboxylic acids is 1. The fraction of sp³-hybridized carbons (Fsp3) is 0.692. The van der Waals surface area contributed by atoms with Crippen LogP contribution in [0.1, 0.15) is 35.5 Å². The molecule has 98 valence electrons. The molecule has 2 aliphatic heterocycles. The molecular weight excluding hydrogens is 230 g/mol. The molecular formula is C13H19N3O2. The summed E-state index contributed by atoms with van der Waals surface area (Å²) in [5, 5.41) is 7.16. The Hall–Kier alpha value is -1.36. The molecule has 0 aromatic carbocycles. The first-order chi connectivity index (χ1) is 8.69. The lowest BCUT2D eigenvalue weighted by Crippen LogP contribution is -2.39. The van der Waals surface area contributed by atoms with Gasteiger partial charge in [0.2, 0.25) is 5.76 Å². The Balaban J connectivity index is 1.70. The topological polar surface area (TPSA) is 58.4 Å². The van der Waals surface area contributed by atoms with Crippen LogP contribution in [0.3, 0.4) is 0 Å². The molecule has 3 rings (SSSR count). The van der Waals surface area contributed by atoms with E-state index >= 15 is 0 Å². The number of carbonyl (C=O) groups is 1. The summed E-state index contributed by atoms with van der Waals surface area (Å²) in [4.78, 5) is 14.2. The maximum Gasteiger partial charge on any atom is 0.292 e. The summed E-state index contributed by atoms with van der Waals surface area (Å²) in [6, 6.07) is 1.72. The molecule has 2 aliphatic rings. The van der Waals surface area contributed by atoms with Crippen LogP contribution in [0.15, 0.2) is 10.6 Å². The van der Waals surface area contributed by atoms with E-state index in [0.717, 1.165) is 38.3 Å². The van der Waals surface area contributed by atoms with Crippen molar-refractivity contribution in [2.24, 2.45) is 5.41 Å². The number of nitrogens with one attached hydrogen (secondary N) is 1. The van der Waals surface area contributed by atoms with Gasteiger partial charge in [0.1, 0.15) is 0 Å². The zero-order valence-electron chi connectivity index (χ0n) is 10.7. The minimum Gasteiger partial charge on any atom is -0.351 e. The van der Waals surface area contributed by atoms with E-state index in [9.17, 15) is 4.79 Å². The van der Waals surface area contributed by atoms with E-state index in [1.807, 2.05) is 11.8 Å². The van der Waals surface area contributed by atoms with E-state index in [-0.39, 0.29) is 5.91 Å². The molecule has 1 aromatic heterocycles. The lowest BCUT2D eigenvalue weighted by Gasteiger charge is -2.33. The van der Waals surface area contributed by atoms with Crippen molar-refractivity contribution >= 4 is 5.91 Å². The van der Waals surface area contributed by atoms with E-state index in [1.54, 1.807) is 6.07 Å². The highest BCUT2D eigenvalue weighted by Crippen LogP contribution is 2.38. The van der Waals surface area contributed by atoms with Crippen LogP contribution in [-0.2, 0) is 0 Å². The second-order valence-corrected chi connectivity index (χ2v) is 5.56.